The molecular weight excluding hydrogens is 208 g/mol. The van der Waals surface area contributed by atoms with Crippen molar-refractivity contribution in [3.63, 3.8) is 0 Å². The van der Waals surface area contributed by atoms with Crippen molar-refractivity contribution in [2.45, 2.75) is 44.2 Å². The van der Waals surface area contributed by atoms with Gasteiger partial charge in [0.05, 0.1) is 0 Å². The third kappa shape index (κ3) is 2.35. The van der Waals surface area contributed by atoms with Crippen LogP contribution in [0.1, 0.15) is 32.1 Å². The summed E-state index contributed by atoms with van der Waals surface area (Å²) in [6, 6.07) is -0.707. The summed E-state index contributed by atoms with van der Waals surface area (Å²) in [5.41, 5.74) is 5.87. The van der Waals surface area contributed by atoms with E-state index in [-0.39, 0.29) is 11.9 Å². The Hall–Kier alpha value is -1.10. The zero-order chi connectivity index (χ0) is 11.7. The van der Waals surface area contributed by atoms with Crippen molar-refractivity contribution < 1.29 is 14.7 Å². The maximum atomic E-state index is 11.9. The Bertz CT molecular complexity index is 302. The number of nitrogens with two attached hydrogens (primary N) is 1. The topological polar surface area (TPSA) is 83.6 Å². The molecule has 1 unspecified atom stereocenters. The van der Waals surface area contributed by atoms with E-state index in [1.54, 1.807) is 0 Å². The summed E-state index contributed by atoms with van der Waals surface area (Å²) in [6.07, 6.45) is 3.86. The second-order valence-corrected chi connectivity index (χ2v) is 4.79. The Morgan fingerprint density at radius 2 is 2.06 bits per heavy atom. The number of hydrogen-bond acceptors (Lipinski definition) is 3. The molecule has 0 spiro atoms. The van der Waals surface area contributed by atoms with Crippen molar-refractivity contribution in [3.05, 3.63) is 0 Å². The van der Waals surface area contributed by atoms with Crippen molar-refractivity contribution in [2.24, 2.45) is 11.7 Å². The third-order valence-electron chi connectivity index (χ3n) is 3.50. The van der Waals surface area contributed by atoms with Crippen molar-refractivity contribution in [1.82, 2.24) is 4.90 Å². The van der Waals surface area contributed by atoms with Crippen LogP contribution < -0.4 is 5.73 Å². The summed E-state index contributed by atoms with van der Waals surface area (Å²) in [7, 11) is 0. The van der Waals surface area contributed by atoms with Gasteiger partial charge < -0.3 is 15.7 Å². The number of carboxylic acid groups (broad SMARTS) is 1. The Morgan fingerprint density at radius 1 is 1.38 bits per heavy atom. The molecular formula is C11H18N2O3. The van der Waals surface area contributed by atoms with E-state index in [4.69, 9.17) is 10.8 Å². The highest BCUT2D eigenvalue weighted by molar-refractivity contribution is 5.84. The second kappa shape index (κ2) is 4.41. The summed E-state index contributed by atoms with van der Waals surface area (Å²) in [4.78, 5) is 24.3. The van der Waals surface area contributed by atoms with E-state index in [1.165, 1.54) is 4.90 Å². The molecule has 2 atom stereocenters. The number of rotatable bonds is 4. The minimum atomic E-state index is -0.897. The van der Waals surface area contributed by atoms with Crippen LogP contribution in [-0.4, -0.2) is 40.5 Å². The van der Waals surface area contributed by atoms with Crippen LogP contribution in [0.5, 0.6) is 0 Å². The van der Waals surface area contributed by atoms with Gasteiger partial charge in [-0.15, -0.1) is 0 Å². The molecule has 16 heavy (non-hydrogen) atoms. The highest BCUT2D eigenvalue weighted by atomic mass is 16.4. The summed E-state index contributed by atoms with van der Waals surface area (Å²) in [5.74, 6) is -0.509. The predicted molar refractivity (Wildman–Crippen MR) is 57.7 cm³/mol. The highest BCUT2D eigenvalue weighted by Gasteiger charge is 2.36. The molecule has 1 aliphatic carbocycles. The summed E-state index contributed by atoms with van der Waals surface area (Å²) < 4.78 is 0. The third-order valence-corrected chi connectivity index (χ3v) is 3.50. The lowest BCUT2D eigenvalue weighted by Gasteiger charge is -2.23. The number of nitrogens with zero attached hydrogens (tertiary/aromatic N) is 1. The van der Waals surface area contributed by atoms with Gasteiger partial charge in [-0.05, 0) is 31.6 Å². The average molecular weight is 226 g/mol. The van der Waals surface area contributed by atoms with E-state index in [1.807, 2.05) is 0 Å². The Kier molecular flexibility index (Phi) is 3.14. The lowest BCUT2D eigenvalue weighted by atomic mass is 10.1. The van der Waals surface area contributed by atoms with Crippen molar-refractivity contribution in [2.75, 3.05) is 6.54 Å². The fourth-order valence-electron chi connectivity index (χ4n) is 2.33. The summed E-state index contributed by atoms with van der Waals surface area (Å²) in [5, 5.41) is 8.96. The number of carbonyl (C=O) groups is 2. The molecule has 1 amide bonds. The largest absolute Gasteiger partial charge is 0.480 e. The van der Waals surface area contributed by atoms with Gasteiger partial charge in [-0.3, -0.25) is 4.79 Å². The van der Waals surface area contributed by atoms with E-state index >= 15 is 0 Å². The lowest BCUT2D eigenvalue weighted by Crippen LogP contribution is -2.43. The van der Waals surface area contributed by atoms with E-state index in [9.17, 15) is 9.59 Å². The smallest absolute Gasteiger partial charge is 0.326 e. The Morgan fingerprint density at radius 3 is 2.62 bits per heavy atom. The van der Waals surface area contributed by atoms with Crippen LogP contribution in [0, 0.1) is 5.92 Å². The second-order valence-electron chi connectivity index (χ2n) is 4.79. The Labute approximate surface area is 94.6 Å². The number of carboxylic acids is 1. The first-order valence-corrected chi connectivity index (χ1v) is 5.87. The standard InChI is InChI=1S/C11H18N2O3/c12-8(7-3-4-7)6-10(14)13-5-1-2-9(13)11(15)16/h7-9H,1-6,12H2,(H,15,16)/t8?,9-/m1/s1. The number of carbonyl (C=O) groups excluding carboxylic acids is 1. The van der Waals surface area contributed by atoms with Gasteiger partial charge in [-0.25, -0.2) is 4.79 Å². The fraction of sp³-hybridized carbons (Fsp3) is 0.818. The minimum absolute atomic E-state index is 0.0810. The van der Waals surface area contributed by atoms with Gasteiger partial charge in [0.1, 0.15) is 6.04 Å². The van der Waals surface area contributed by atoms with Gasteiger partial charge in [0, 0.05) is 19.0 Å². The van der Waals surface area contributed by atoms with Gasteiger partial charge >= 0.3 is 5.97 Å². The minimum Gasteiger partial charge on any atom is -0.480 e. The normalized spacial score (nSPS) is 26.8. The van der Waals surface area contributed by atoms with Gasteiger partial charge in [0.2, 0.25) is 5.91 Å². The summed E-state index contributed by atoms with van der Waals surface area (Å²) >= 11 is 0. The molecule has 1 aliphatic heterocycles. The molecule has 2 aliphatic rings. The fourth-order valence-corrected chi connectivity index (χ4v) is 2.33. The van der Waals surface area contributed by atoms with Gasteiger partial charge in [0.25, 0.3) is 0 Å². The lowest BCUT2D eigenvalue weighted by molar-refractivity contribution is -0.148. The average Bonchev–Trinajstić information content (AvgIpc) is 2.94. The number of aliphatic carboxylic acids is 1. The van der Waals surface area contributed by atoms with Crippen LogP contribution >= 0.6 is 0 Å². The van der Waals surface area contributed by atoms with Gasteiger partial charge in [0.15, 0.2) is 0 Å². The molecule has 2 rings (SSSR count). The van der Waals surface area contributed by atoms with E-state index < -0.39 is 12.0 Å². The van der Waals surface area contributed by atoms with E-state index in [0.717, 1.165) is 19.3 Å². The molecule has 5 nitrogen and oxygen atoms in total. The van der Waals surface area contributed by atoms with Crippen molar-refractivity contribution >= 4 is 11.9 Å². The summed E-state index contributed by atoms with van der Waals surface area (Å²) in [6.45, 7) is 0.563. The van der Waals surface area contributed by atoms with E-state index in [2.05, 4.69) is 0 Å². The van der Waals surface area contributed by atoms with Crippen molar-refractivity contribution in [3.8, 4) is 0 Å². The molecule has 0 bridgehead atoms. The number of amides is 1. The first kappa shape index (κ1) is 11.4. The molecule has 2 fully saturated rings. The first-order chi connectivity index (χ1) is 7.59. The van der Waals surface area contributed by atoms with E-state index in [0.29, 0.717) is 25.3 Å². The van der Waals surface area contributed by atoms with Crippen LogP contribution in [0.2, 0.25) is 0 Å². The predicted octanol–water partition coefficient (Wildman–Crippen LogP) is 0.189. The zero-order valence-electron chi connectivity index (χ0n) is 9.26. The molecule has 90 valence electrons. The van der Waals surface area contributed by atoms with Gasteiger partial charge in [-0.2, -0.15) is 0 Å². The molecule has 0 aromatic rings. The van der Waals surface area contributed by atoms with Gasteiger partial charge in [-0.1, -0.05) is 0 Å². The SMILES string of the molecule is NC(CC(=O)N1CCC[C@@H]1C(=O)O)C1CC1. The van der Waals surface area contributed by atoms with Crippen LogP contribution in [0.3, 0.4) is 0 Å². The van der Waals surface area contributed by atoms with Crippen molar-refractivity contribution in [1.29, 1.82) is 0 Å². The number of hydrogen-bond donors (Lipinski definition) is 2. The maximum Gasteiger partial charge on any atom is 0.326 e. The molecule has 3 N–H and O–H groups in total. The Balaban J connectivity index is 1.90. The highest BCUT2D eigenvalue weighted by Crippen LogP contribution is 2.33. The molecule has 1 saturated heterocycles. The molecule has 5 heteroatoms. The molecule has 1 saturated carbocycles. The van der Waals surface area contributed by atoms with Crippen LogP contribution in [0.15, 0.2) is 0 Å². The maximum absolute atomic E-state index is 11.9. The number of likely N-dealkylation sites (tertiary alicyclic amines) is 1. The van der Waals surface area contributed by atoms with Crippen LogP contribution in [-0.2, 0) is 9.59 Å². The zero-order valence-corrected chi connectivity index (χ0v) is 9.26. The molecule has 1 heterocycles. The van der Waals surface area contributed by atoms with Crippen LogP contribution in [0.4, 0.5) is 0 Å². The first-order valence-electron chi connectivity index (χ1n) is 5.87. The quantitative estimate of drug-likeness (QED) is 0.716. The molecule has 0 radical (unpaired) electrons. The molecule has 0 aromatic heterocycles. The monoisotopic (exact) mass is 226 g/mol. The molecule has 0 aromatic carbocycles. The van der Waals surface area contributed by atoms with Crippen LogP contribution in [0.25, 0.3) is 0 Å².